The number of hydrogen-bond donors (Lipinski definition) is 2. The van der Waals surface area contributed by atoms with Gasteiger partial charge in [0.25, 0.3) is 5.91 Å². The minimum Gasteiger partial charge on any atom is -0.375 e. The number of rotatable bonds is 3. The van der Waals surface area contributed by atoms with Crippen LogP contribution in [-0.4, -0.2) is 17.1 Å². The Morgan fingerprint density at radius 1 is 1.60 bits per heavy atom. The lowest BCUT2D eigenvalue weighted by molar-refractivity contribution is 0.0958. The fourth-order valence-corrected chi connectivity index (χ4v) is 2.40. The van der Waals surface area contributed by atoms with Crippen LogP contribution in [-0.2, 0) is 0 Å². The van der Waals surface area contributed by atoms with Gasteiger partial charge in [-0.15, -0.1) is 0 Å². The molecule has 2 aromatic rings. The Labute approximate surface area is 123 Å². The molecule has 5 nitrogen and oxygen atoms in total. The normalized spacial score (nSPS) is 10.9. The molecule has 1 heterocycles. The van der Waals surface area contributed by atoms with Gasteiger partial charge in [-0.05, 0) is 19.1 Å². The number of hydrazone groups is 1. The van der Waals surface area contributed by atoms with E-state index in [1.165, 1.54) is 18.2 Å². The van der Waals surface area contributed by atoms with Gasteiger partial charge < -0.3 is 5.73 Å². The number of benzene rings is 1. The highest BCUT2D eigenvalue weighted by atomic mass is 35.5. The number of carbonyl (C=O) groups excluding carboxylic acids is 1. The summed E-state index contributed by atoms with van der Waals surface area (Å²) >= 11 is 6.88. The lowest BCUT2D eigenvalue weighted by Crippen LogP contribution is -2.17. The van der Waals surface area contributed by atoms with Gasteiger partial charge in [0, 0.05) is 5.56 Å². The Morgan fingerprint density at radius 2 is 2.35 bits per heavy atom. The quantitative estimate of drug-likeness (QED) is 0.675. The molecule has 0 atom stereocenters. The molecule has 0 saturated carbocycles. The highest BCUT2D eigenvalue weighted by Gasteiger charge is 2.13. The first kappa shape index (κ1) is 14.4. The summed E-state index contributed by atoms with van der Waals surface area (Å²) < 4.78 is 13.5. The first-order valence-electron chi connectivity index (χ1n) is 5.49. The first-order valence-corrected chi connectivity index (χ1v) is 6.69. The third kappa shape index (κ3) is 3.12. The van der Waals surface area contributed by atoms with E-state index in [0.29, 0.717) is 15.7 Å². The summed E-state index contributed by atoms with van der Waals surface area (Å²) in [6.07, 6.45) is 1.15. The van der Waals surface area contributed by atoms with Crippen LogP contribution in [0.1, 0.15) is 20.9 Å². The Kier molecular flexibility index (Phi) is 4.31. The molecule has 0 radical (unpaired) electrons. The lowest BCUT2D eigenvalue weighted by Gasteiger charge is -2.00. The maximum absolute atomic E-state index is 13.5. The van der Waals surface area contributed by atoms with Crippen LogP contribution in [0.25, 0.3) is 0 Å². The summed E-state index contributed by atoms with van der Waals surface area (Å²) in [5.74, 6) is -0.978. The number of nitrogens with one attached hydrogen (secondary N) is 1. The largest absolute Gasteiger partial charge is 0.375 e. The molecule has 0 unspecified atom stereocenters. The molecule has 0 saturated heterocycles. The number of aromatic nitrogens is 1. The van der Waals surface area contributed by atoms with E-state index in [9.17, 15) is 9.18 Å². The number of halogens is 2. The highest BCUT2D eigenvalue weighted by Crippen LogP contribution is 2.19. The predicted octanol–water partition coefficient (Wildman–Crippen LogP) is 2.59. The molecule has 2 rings (SSSR count). The topological polar surface area (TPSA) is 80.4 Å². The molecule has 1 amide bonds. The molecule has 0 bridgehead atoms. The number of hydrogen-bond acceptors (Lipinski definition) is 5. The minimum atomic E-state index is -0.520. The van der Waals surface area contributed by atoms with E-state index in [4.69, 9.17) is 17.3 Å². The zero-order valence-electron chi connectivity index (χ0n) is 10.4. The second-order valence-corrected chi connectivity index (χ2v) is 5.24. The average molecular weight is 313 g/mol. The van der Waals surface area contributed by atoms with Crippen molar-refractivity contribution in [2.24, 2.45) is 5.10 Å². The van der Waals surface area contributed by atoms with Crippen LogP contribution in [0.5, 0.6) is 0 Å². The molecular formula is C12H10ClFN4OS. The van der Waals surface area contributed by atoms with E-state index in [2.05, 4.69) is 15.5 Å². The third-order valence-electron chi connectivity index (χ3n) is 2.38. The van der Waals surface area contributed by atoms with Gasteiger partial charge in [-0.3, -0.25) is 4.79 Å². The van der Waals surface area contributed by atoms with E-state index < -0.39 is 11.7 Å². The van der Waals surface area contributed by atoms with Crippen molar-refractivity contribution in [1.29, 1.82) is 0 Å². The van der Waals surface area contributed by atoms with Crippen LogP contribution in [0, 0.1) is 12.7 Å². The van der Waals surface area contributed by atoms with Crippen LogP contribution in [0.2, 0.25) is 5.02 Å². The molecular weight excluding hydrogens is 303 g/mol. The fourth-order valence-electron chi connectivity index (χ4n) is 1.47. The van der Waals surface area contributed by atoms with Gasteiger partial charge in [0.15, 0.2) is 5.13 Å². The molecule has 0 fully saturated rings. The Balaban J connectivity index is 2.11. The number of nitrogen functional groups attached to an aromatic ring is 1. The van der Waals surface area contributed by atoms with Crippen molar-refractivity contribution in [3.63, 3.8) is 0 Å². The second-order valence-electron chi connectivity index (χ2n) is 3.80. The molecule has 20 heavy (non-hydrogen) atoms. The first-order chi connectivity index (χ1) is 9.49. The van der Waals surface area contributed by atoms with Crippen molar-refractivity contribution >= 4 is 40.2 Å². The van der Waals surface area contributed by atoms with E-state index >= 15 is 0 Å². The number of aryl methyl sites for hydroxylation is 1. The lowest BCUT2D eigenvalue weighted by atomic mass is 10.2. The van der Waals surface area contributed by atoms with Gasteiger partial charge in [0.2, 0.25) is 0 Å². The summed E-state index contributed by atoms with van der Waals surface area (Å²) in [6.45, 7) is 1.67. The number of amides is 1. The Bertz CT molecular complexity index is 666. The van der Waals surface area contributed by atoms with Crippen molar-refractivity contribution in [1.82, 2.24) is 10.4 Å². The van der Waals surface area contributed by atoms with Crippen molar-refractivity contribution < 1.29 is 9.18 Å². The minimum absolute atomic E-state index is 0.106. The summed E-state index contributed by atoms with van der Waals surface area (Å²) in [4.78, 5) is 16.1. The number of anilines is 1. The number of nitrogens with zero attached hydrogens (tertiary/aromatic N) is 2. The molecule has 0 spiro atoms. The summed E-state index contributed by atoms with van der Waals surface area (Å²) in [7, 11) is 0. The molecule has 0 aliphatic carbocycles. The van der Waals surface area contributed by atoms with Gasteiger partial charge in [0.1, 0.15) is 10.7 Å². The molecule has 0 aliphatic rings. The van der Waals surface area contributed by atoms with Gasteiger partial charge in [-0.25, -0.2) is 14.8 Å². The SMILES string of the molecule is Cc1nc(N)sc1C(=O)N/N=C\c1c(F)cccc1Cl. The van der Waals surface area contributed by atoms with Gasteiger partial charge in [-0.2, -0.15) is 5.10 Å². The molecule has 1 aromatic carbocycles. The average Bonchev–Trinajstić information content (AvgIpc) is 2.72. The Hall–Kier alpha value is -1.99. The number of carbonyl (C=O) groups is 1. The summed E-state index contributed by atoms with van der Waals surface area (Å²) in [5, 5.41) is 4.19. The van der Waals surface area contributed by atoms with E-state index in [1.807, 2.05) is 0 Å². The molecule has 1 aromatic heterocycles. The predicted molar refractivity (Wildman–Crippen MR) is 77.7 cm³/mol. The van der Waals surface area contributed by atoms with Crippen LogP contribution in [0.3, 0.4) is 0 Å². The summed E-state index contributed by atoms with van der Waals surface area (Å²) in [6, 6.07) is 4.27. The zero-order chi connectivity index (χ0) is 14.7. The third-order valence-corrected chi connectivity index (χ3v) is 3.69. The molecule has 104 valence electrons. The number of nitrogens with two attached hydrogens (primary N) is 1. The fraction of sp³-hybridized carbons (Fsp3) is 0.0833. The van der Waals surface area contributed by atoms with Crippen LogP contribution in [0.15, 0.2) is 23.3 Å². The van der Waals surface area contributed by atoms with Crippen molar-refractivity contribution in [2.75, 3.05) is 5.73 Å². The monoisotopic (exact) mass is 312 g/mol. The van der Waals surface area contributed by atoms with Crippen LogP contribution >= 0.6 is 22.9 Å². The van der Waals surface area contributed by atoms with Crippen LogP contribution in [0.4, 0.5) is 9.52 Å². The van der Waals surface area contributed by atoms with E-state index in [1.54, 1.807) is 6.92 Å². The standard InChI is InChI=1S/C12H10ClFN4OS/c1-6-10(20-12(15)17-6)11(19)18-16-5-7-8(13)3-2-4-9(7)14/h2-5H,1H3,(H2,15,17)(H,18,19)/b16-5-. The highest BCUT2D eigenvalue weighted by molar-refractivity contribution is 7.17. The van der Waals surface area contributed by atoms with Gasteiger partial charge in [-0.1, -0.05) is 29.0 Å². The molecule has 0 aliphatic heterocycles. The molecule has 3 N–H and O–H groups in total. The van der Waals surface area contributed by atoms with Gasteiger partial charge >= 0.3 is 0 Å². The van der Waals surface area contributed by atoms with Crippen molar-refractivity contribution in [3.05, 3.63) is 45.2 Å². The van der Waals surface area contributed by atoms with E-state index in [0.717, 1.165) is 17.6 Å². The maximum atomic E-state index is 13.5. The number of thiazole rings is 1. The zero-order valence-corrected chi connectivity index (χ0v) is 11.9. The van der Waals surface area contributed by atoms with Gasteiger partial charge in [0.05, 0.1) is 16.9 Å². The Morgan fingerprint density at radius 3 is 2.95 bits per heavy atom. The van der Waals surface area contributed by atoms with Crippen molar-refractivity contribution in [3.8, 4) is 0 Å². The van der Waals surface area contributed by atoms with Crippen LogP contribution < -0.4 is 11.2 Å². The van der Waals surface area contributed by atoms with Crippen molar-refractivity contribution in [2.45, 2.75) is 6.92 Å². The second kappa shape index (κ2) is 5.98. The smallest absolute Gasteiger partial charge is 0.283 e. The molecule has 8 heteroatoms. The maximum Gasteiger partial charge on any atom is 0.283 e. The van der Waals surface area contributed by atoms with E-state index in [-0.39, 0.29) is 10.6 Å². The summed E-state index contributed by atoms with van der Waals surface area (Å²) in [5.41, 5.74) is 8.40.